The van der Waals surface area contributed by atoms with Crippen LogP contribution in [0.5, 0.6) is 0 Å². The van der Waals surface area contributed by atoms with Gasteiger partial charge in [0.05, 0.1) is 17.5 Å². The minimum atomic E-state index is -3.41. The molecule has 0 saturated carbocycles. The summed E-state index contributed by atoms with van der Waals surface area (Å²) < 4.78 is 51.5. The van der Waals surface area contributed by atoms with E-state index in [1.54, 1.807) is 0 Å². The maximum absolute atomic E-state index is 13.0. The highest BCUT2D eigenvalue weighted by molar-refractivity contribution is 5.41. The van der Waals surface area contributed by atoms with E-state index in [0.29, 0.717) is 6.07 Å². The Morgan fingerprint density at radius 3 is 2.29 bits per heavy atom. The van der Waals surface area contributed by atoms with Gasteiger partial charge in [0.25, 0.3) is 11.6 Å². The third-order valence-electron chi connectivity index (χ3n) is 2.07. The second-order valence-corrected chi connectivity index (χ2v) is 3.39. The van der Waals surface area contributed by atoms with Crippen molar-refractivity contribution in [2.45, 2.75) is 12.3 Å². The van der Waals surface area contributed by atoms with Gasteiger partial charge < -0.3 is 5.73 Å². The fourth-order valence-electron chi connectivity index (χ4n) is 1.24. The summed E-state index contributed by atoms with van der Waals surface area (Å²) in [5.41, 5.74) is 3.28. The summed E-state index contributed by atoms with van der Waals surface area (Å²) in [6.07, 6.45) is -1.11. The van der Waals surface area contributed by atoms with E-state index in [4.69, 9.17) is 5.73 Å². The molecule has 0 spiro atoms. The third kappa shape index (κ3) is 3.13. The highest BCUT2D eigenvalue weighted by Crippen LogP contribution is 2.28. The summed E-state index contributed by atoms with van der Waals surface area (Å²) in [5, 5.41) is 10.5. The van der Waals surface area contributed by atoms with Crippen molar-refractivity contribution in [3.8, 4) is 0 Å². The van der Waals surface area contributed by atoms with Crippen LogP contribution in [-0.2, 0) is 6.42 Å². The lowest BCUT2D eigenvalue weighted by atomic mass is 10.0. The first kappa shape index (κ1) is 13.4. The predicted octanol–water partition coefficient (Wildman–Crippen LogP) is 2.01. The van der Waals surface area contributed by atoms with Crippen LogP contribution in [0, 0.1) is 21.7 Å². The van der Waals surface area contributed by atoms with E-state index in [9.17, 15) is 27.7 Å². The quantitative estimate of drug-likeness (QED) is 0.506. The van der Waals surface area contributed by atoms with Gasteiger partial charge in [-0.05, 0) is 6.07 Å². The zero-order valence-corrected chi connectivity index (χ0v) is 8.42. The second kappa shape index (κ2) is 4.66. The van der Waals surface area contributed by atoms with Crippen molar-refractivity contribution in [3.05, 3.63) is 39.4 Å². The van der Waals surface area contributed by atoms with E-state index in [0.717, 1.165) is 0 Å². The van der Waals surface area contributed by atoms with Crippen molar-refractivity contribution >= 4 is 5.69 Å². The van der Waals surface area contributed by atoms with Crippen molar-refractivity contribution in [3.63, 3.8) is 0 Å². The first-order valence-corrected chi connectivity index (χ1v) is 4.47. The lowest BCUT2D eigenvalue weighted by molar-refractivity contribution is -0.386. The topological polar surface area (TPSA) is 69.2 Å². The molecule has 0 unspecified atom stereocenters. The van der Waals surface area contributed by atoms with Gasteiger partial charge in [0, 0.05) is 12.0 Å². The molecule has 17 heavy (non-hydrogen) atoms. The highest BCUT2D eigenvalue weighted by Gasteiger charge is 2.31. The van der Waals surface area contributed by atoms with E-state index in [1.165, 1.54) is 0 Å². The van der Waals surface area contributed by atoms with Crippen LogP contribution in [0.2, 0.25) is 0 Å². The molecule has 0 aliphatic heterocycles. The third-order valence-corrected chi connectivity index (χ3v) is 2.07. The van der Waals surface area contributed by atoms with Gasteiger partial charge >= 0.3 is 0 Å². The maximum Gasteiger partial charge on any atom is 0.275 e. The molecule has 0 atom stereocenters. The Morgan fingerprint density at radius 1 is 1.29 bits per heavy atom. The Labute approximate surface area is 93.2 Å². The Bertz CT molecular complexity index is 451. The molecule has 0 bridgehead atoms. The van der Waals surface area contributed by atoms with E-state index < -0.39 is 46.7 Å². The number of nitrogens with two attached hydrogens (primary N) is 1. The zero-order valence-electron chi connectivity index (χ0n) is 8.42. The molecule has 94 valence electrons. The molecule has 0 aromatic heterocycles. The summed E-state index contributed by atoms with van der Waals surface area (Å²) in [7, 11) is 0. The molecule has 0 aliphatic rings. The first-order valence-electron chi connectivity index (χ1n) is 4.47. The van der Waals surface area contributed by atoms with Crippen LogP contribution < -0.4 is 5.73 Å². The predicted molar refractivity (Wildman–Crippen MR) is 50.7 cm³/mol. The van der Waals surface area contributed by atoms with E-state index in [1.807, 2.05) is 0 Å². The van der Waals surface area contributed by atoms with Crippen LogP contribution in [0.3, 0.4) is 0 Å². The summed E-state index contributed by atoms with van der Waals surface area (Å²) in [4.78, 5) is 9.45. The fourth-order valence-corrected chi connectivity index (χ4v) is 1.24. The van der Waals surface area contributed by atoms with Gasteiger partial charge in [-0.15, -0.1) is 0 Å². The van der Waals surface area contributed by atoms with Gasteiger partial charge in [-0.1, -0.05) is 0 Å². The molecule has 1 aromatic rings. The molecule has 0 radical (unpaired) electrons. The van der Waals surface area contributed by atoms with Crippen molar-refractivity contribution in [2.24, 2.45) is 5.73 Å². The average molecular weight is 252 g/mol. The Morgan fingerprint density at radius 2 is 1.82 bits per heavy atom. The number of nitrogens with zero attached hydrogens (tertiary/aromatic N) is 1. The molecule has 0 saturated heterocycles. The summed E-state index contributed by atoms with van der Waals surface area (Å²) >= 11 is 0. The van der Waals surface area contributed by atoms with E-state index >= 15 is 0 Å². The van der Waals surface area contributed by atoms with Gasteiger partial charge in [0.15, 0.2) is 11.6 Å². The molecule has 2 N–H and O–H groups in total. The molecule has 0 fully saturated rings. The lowest BCUT2D eigenvalue weighted by Crippen LogP contribution is -2.30. The molecule has 1 aromatic carbocycles. The minimum absolute atomic E-state index is 0.275. The van der Waals surface area contributed by atoms with Gasteiger partial charge in [-0.25, -0.2) is 17.6 Å². The number of rotatable bonds is 4. The normalized spacial score (nSPS) is 11.6. The molecule has 0 amide bonds. The lowest BCUT2D eigenvalue weighted by Gasteiger charge is -2.13. The zero-order chi connectivity index (χ0) is 13.2. The minimum Gasteiger partial charge on any atom is -0.325 e. The summed E-state index contributed by atoms with van der Waals surface area (Å²) in [6.45, 7) is -1.04. The SMILES string of the molecule is NCC(F)(F)Cc1cc(F)c(F)cc1[N+](=O)[O-]. The van der Waals surface area contributed by atoms with Crippen molar-refractivity contribution in [1.82, 2.24) is 0 Å². The van der Waals surface area contributed by atoms with Gasteiger partial charge in [-0.3, -0.25) is 10.1 Å². The van der Waals surface area contributed by atoms with Gasteiger partial charge in [0.2, 0.25) is 0 Å². The van der Waals surface area contributed by atoms with E-state index in [2.05, 4.69) is 0 Å². The molecule has 0 heterocycles. The Balaban J connectivity index is 3.22. The van der Waals surface area contributed by atoms with Crippen molar-refractivity contribution < 1.29 is 22.5 Å². The number of hydrogen-bond donors (Lipinski definition) is 1. The number of halogens is 4. The van der Waals surface area contributed by atoms with Crippen LogP contribution in [0.4, 0.5) is 23.2 Å². The highest BCUT2D eigenvalue weighted by atomic mass is 19.3. The monoisotopic (exact) mass is 252 g/mol. The Hall–Kier alpha value is -1.70. The smallest absolute Gasteiger partial charge is 0.275 e. The molecular formula is C9H8F4N2O2. The molecular weight excluding hydrogens is 244 g/mol. The summed E-state index contributed by atoms with van der Waals surface area (Å²) in [5.74, 6) is -6.29. The van der Waals surface area contributed by atoms with Crippen LogP contribution in [0.1, 0.15) is 5.56 Å². The summed E-state index contributed by atoms with van der Waals surface area (Å²) in [6, 6.07) is 0.661. The number of hydrogen-bond acceptors (Lipinski definition) is 3. The molecule has 4 nitrogen and oxygen atoms in total. The first-order chi connectivity index (χ1) is 7.76. The largest absolute Gasteiger partial charge is 0.325 e. The molecule has 8 heteroatoms. The maximum atomic E-state index is 13.0. The molecule has 0 aliphatic carbocycles. The van der Waals surface area contributed by atoms with Gasteiger partial charge in [-0.2, -0.15) is 0 Å². The standard InChI is InChI=1S/C9H8F4N2O2/c10-6-1-5(3-9(12,13)4-14)8(15(16)17)2-7(6)11/h1-2H,3-4,14H2. The second-order valence-electron chi connectivity index (χ2n) is 3.39. The number of nitro groups is 1. The number of benzene rings is 1. The van der Waals surface area contributed by atoms with E-state index in [-0.39, 0.29) is 6.07 Å². The van der Waals surface area contributed by atoms with Crippen LogP contribution >= 0.6 is 0 Å². The fraction of sp³-hybridized carbons (Fsp3) is 0.333. The van der Waals surface area contributed by atoms with Crippen LogP contribution in [0.25, 0.3) is 0 Å². The Kier molecular flexibility index (Phi) is 3.66. The average Bonchev–Trinajstić information content (AvgIpc) is 2.22. The number of alkyl halides is 2. The van der Waals surface area contributed by atoms with Crippen LogP contribution in [-0.4, -0.2) is 17.4 Å². The van der Waals surface area contributed by atoms with Crippen LogP contribution in [0.15, 0.2) is 12.1 Å². The number of nitro benzene ring substituents is 1. The molecule has 1 rings (SSSR count). The van der Waals surface area contributed by atoms with Crippen molar-refractivity contribution in [1.29, 1.82) is 0 Å². The van der Waals surface area contributed by atoms with Crippen molar-refractivity contribution in [2.75, 3.05) is 6.54 Å². The van der Waals surface area contributed by atoms with Gasteiger partial charge in [0.1, 0.15) is 0 Å².